The maximum Gasteiger partial charge on any atom is 0.0992 e. The third-order valence-corrected chi connectivity index (χ3v) is 10.0. The number of nitriles is 2. The summed E-state index contributed by atoms with van der Waals surface area (Å²) >= 11 is 0. The summed E-state index contributed by atoms with van der Waals surface area (Å²) in [7, 11) is 0. The van der Waals surface area contributed by atoms with Gasteiger partial charge >= 0.3 is 0 Å². The maximum atomic E-state index is 9.38. The fourth-order valence-corrected chi connectivity index (χ4v) is 7.56. The summed E-state index contributed by atoms with van der Waals surface area (Å²) in [5, 5.41) is 18.8. The number of hydrogen-bond donors (Lipinski definition) is 0. The number of pyridine rings is 4. The highest BCUT2D eigenvalue weighted by molar-refractivity contribution is 5.90. The summed E-state index contributed by atoms with van der Waals surface area (Å²) in [4.78, 5) is 18.4. The molecule has 4 aromatic carbocycles. The van der Waals surface area contributed by atoms with Crippen molar-refractivity contribution in [2.45, 2.75) is 5.41 Å². The van der Waals surface area contributed by atoms with Gasteiger partial charge in [0.25, 0.3) is 0 Å². The summed E-state index contributed by atoms with van der Waals surface area (Å²) < 4.78 is 0. The molecule has 1 aliphatic rings. The smallest absolute Gasteiger partial charge is 0.0992 e. The van der Waals surface area contributed by atoms with E-state index in [9.17, 15) is 10.5 Å². The van der Waals surface area contributed by atoms with E-state index in [1.807, 2.05) is 24.5 Å². The molecule has 4 aromatic heterocycles. The minimum Gasteiger partial charge on any atom is -0.255 e. The highest BCUT2D eigenvalue weighted by atomic mass is 14.8. The predicted molar refractivity (Wildman–Crippen MR) is 206 cm³/mol. The van der Waals surface area contributed by atoms with Crippen LogP contribution in [0.2, 0.25) is 0 Å². The lowest BCUT2D eigenvalue weighted by Gasteiger charge is -2.34. The molecule has 0 aliphatic heterocycles. The number of hydrogen-bond acceptors (Lipinski definition) is 6. The van der Waals surface area contributed by atoms with Crippen LogP contribution in [0.1, 0.15) is 33.4 Å². The second kappa shape index (κ2) is 13.0. The van der Waals surface area contributed by atoms with Crippen molar-refractivity contribution in [3.05, 3.63) is 204 Å². The third kappa shape index (κ3) is 5.34. The van der Waals surface area contributed by atoms with E-state index >= 15 is 0 Å². The molecule has 9 rings (SSSR count). The standard InChI is InChI=1S/C47H28N6/c48-27-31-19-21-50-45(23-31)43-17-13-35(29-52-43)33-11-15-39-40-16-12-34(36-14-18-44(53-30-36)46-24-32(28-49)20-22-51-46)26-42(40)47(41(39)25-33,37-7-3-1-4-8-37)38-9-5-2-6-10-38/h1-26,29-30H. The zero-order valence-corrected chi connectivity index (χ0v) is 28.3. The Kier molecular flexibility index (Phi) is 7.70. The van der Waals surface area contributed by atoms with E-state index in [0.717, 1.165) is 22.3 Å². The lowest BCUT2D eigenvalue weighted by atomic mass is 9.67. The number of aromatic nitrogens is 4. The van der Waals surface area contributed by atoms with Crippen molar-refractivity contribution >= 4 is 0 Å². The van der Waals surface area contributed by atoms with E-state index in [0.29, 0.717) is 33.9 Å². The van der Waals surface area contributed by atoms with Gasteiger partial charge in [0, 0.05) is 35.9 Å². The molecule has 0 radical (unpaired) electrons. The summed E-state index contributed by atoms with van der Waals surface area (Å²) in [6.07, 6.45) is 7.04. The number of nitrogens with zero attached hydrogens (tertiary/aromatic N) is 6. The Balaban J connectivity index is 1.19. The van der Waals surface area contributed by atoms with Crippen molar-refractivity contribution < 1.29 is 0 Å². The van der Waals surface area contributed by atoms with E-state index in [1.165, 1.54) is 33.4 Å². The van der Waals surface area contributed by atoms with Crippen LogP contribution in [-0.4, -0.2) is 19.9 Å². The number of rotatable bonds is 6. The maximum absolute atomic E-state index is 9.38. The largest absolute Gasteiger partial charge is 0.255 e. The van der Waals surface area contributed by atoms with Crippen molar-refractivity contribution in [2.24, 2.45) is 0 Å². The Labute approximate surface area is 307 Å². The average molecular weight is 677 g/mol. The van der Waals surface area contributed by atoms with Crippen molar-refractivity contribution in [3.63, 3.8) is 0 Å². The molecular weight excluding hydrogens is 649 g/mol. The van der Waals surface area contributed by atoms with Crippen LogP contribution in [0.25, 0.3) is 56.2 Å². The van der Waals surface area contributed by atoms with E-state index in [4.69, 9.17) is 9.97 Å². The van der Waals surface area contributed by atoms with Gasteiger partial charge in [-0.3, -0.25) is 19.9 Å². The van der Waals surface area contributed by atoms with Gasteiger partial charge in [-0.05, 0) is 93.0 Å². The van der Waals surface area contributed by atoms with Gasteiger partial charge in [-0.15, -0.1) is 0 Å². The molecule has 0 bridgehead atoms. The fourth-order valence-electron chi connectivity index (χ4n) is 7.56. The van der Waals surface area contributed by atoms with Gasteiger partial charge in [0.1, 0.15) is 0 Å². The van der Waals surface area contributed by atoms with Crippen LogP contribution in [0.4, 0.5) is 0 Å². The van der Waals surface area contributed by atoms with Gasteiger partial charge in [-0.2, -0.15) is 10.5 Å². The summed E-state index contributed by atoms with van der Waals surface area (Å²) in [5.41, 5.74) is 14.4. The van der Waals surface area contributed by atoms with E-state index in [-0.39, 0.29) is 0 Å². The van der Waals surface area contributed by atoms with Crippen LogP contribution in [0, 0.1) is 22.7 Å². The van der Waals surface area contributed by atoms with E-state index < -0.39 is 5.41 Å². The normalized spacial score (nSPS) is 12.3. The van der Waals surface area contributed by atoms with Crippen molar-refractivity contribution in [2.75, 3.05) is 0 Å². The number of benzene rings is 4. The van der Waals surface area contributed by atoms with Gasteiger partial charge in [0.05, 0.1) is 51.5 Å². The quantitative estimate of drug-likeness (QED) is 0.174. The molecule has 4 heterocycles. The van der Waals surface area contributed by atoms with Crippen LogP contribution in [0.5, 0.6) is 0 Å². The first-order valence-electron chi connectivity index (χ1n) is 17.2. The Morgan fingerprint density at radius 3 is 1.23 bits per heavy atom. The molecule has 0 spiro atoms. The predicted octanol–water partition coefficient (Wildman–Crippen LogP) is 10.0. The van der Waals surface area contributed by atoms with Crippen LogP contribution in [0.3, 0.4) is 0 Å². The Morgan fingerprint density at radius 2 is 0.830 bits per heavy atom. The van der Waals surface area contributed by atoms with Crippen molar-refractivity contribution in [1.29, 1.82) is 10.5 Å². The second-order valence-corrected chi connectivity index (χ2v) is 13.0. The van der Waals surface area contributed by atoms with Gasteiger partial charge in [-0.25, -0.2) is 0 Å². The van der Waals surface area contributed by atoms with E-state index in [1.54, 1.807) is 36.7 Å². The first kappa shape index (κ1) is 31.4. The lowest BCUT2D eigenvalue weighted by molar-refractivity contribution is 0.769. The molecule has 246 valence electrons. The zero-order chi connectivity index (χ0) is 35.8. The summed E-state index contributed by atoms with van der Waals surface area (Å²) in [5.74, 6) is 0. The monoisotopic (exact) mass is 676 g/mol. The van der Waals surface area contributed by atoms with Crippen LogP contribution in [-0.2, 0) is 5.41 Å². The molecule has 0 saturated heterocycles. The Morgan fingerprint density at radius 1 is 0.396 bits per heavy atom. The summed E-state index contributed by atoms with van der Waals surface area (Å²) in [6.45, 7) is 0. The lowest BCUT2D eigenvalue weighted by Crippen LogP contribution is -2.28. The molecule has 0 N–H and O–H groups in total. The molecule has 0 fully saturated rings. The first-order chi connectivity index (χ1) is 26.1. The average Bonchev–Trinajstić information content (AvgIpc) is 3.54. The van der Waals surface area contributed by atoms with Gasteiger partial charge in [0.15, 0.2) is 0 Å². The highest BCUT2D eigenvalue weighted by Gasteiger charge is 2.46. The van der Waals surface area contributed by atoms with Gasteiger partial charge < -0.3 is 0 Å². The van der Waals surface area contributed by atoms with Gasteiger partial charge in [-0.1, -0.05) is 97.1 Å². The number of fused-ring (bicyclic) bond motifs is 3. The molecule has 0 amide bonds. The Hall–Kier alpha value is -7.54. The molecule has 6 nitrogen and oxygen atoms in total. The molecule has 8 aromatic rings. The molecular formula is C47H28N6. The van der Waals surface area contributed by atoms with Crippen LogP contribution in [0.15, 0.2) is 170 Å². The minimum absolute atomic E-state index is 0.549. The second-order valence-electron chi connectivity index (χ2n) is 13.0. The highest BCUT2D eigenvalue weighted by Crippen LogP contribution is 2.57. The first-order valence-corrected chi connectivity index (χ1v) is 17.2. The molecule has 6 heteroatoms. The molecule has 53 heavy (non-hydrogen) atoms. The molecule has 1 aliphatic carbocycles. The van der Waals surface area contributed by atoms with E-state index in [2.05, 4.69) is 131 Å². The third-order valence-electron chi connectivity index (χ3n) is 10.0. The Bertz CT molecular complexity index is 2530. The zero-order valence-electron chi connectivity index (χ0n) is 28.3. The van der Waals surface area contributed by atoms with Crippen molar-refractivity contribution in [3.8, 4) is 68.3 Å². The molecule has 0 unspecified atom stereocenters. The molecule has 0 saturated carbocycles. The SMILES string of the molecule is N#Cc1ccnc(-c2ccc(-c3ccc4c(c3)C(c3ccccc3)(c3ccccc3)c3cc(-c5ccc(-c6cc(C#N)ccn6)nc5)ccc3-4)cn2)c1. The van der Waals surface area contributed by atoms with Crippen molar-refractivity contribution in [1.82, 2.24) is 19.9 Å². The fraction of sp³-hybridized carbons (Fsp3) is 0.0213. The molecule has 0 atom stereocenters. The topological polar surface area (TPSA) is 99.1 Å². The minimum atomic E-state index is -0.608. The summed E-state index contributed by atoms with van der Waals surface area (Å²) in [6, 6.07) is 54.3. The van der Waals surface area contributed by atoms with Crippen LogP contribution < -0.4 is 0 Å². The van der Waals surface area contributed by atoms with Gasteiger partial charge in [0.2, 0.25) is 0 Å². The van der Waals surface area contributed by atoms with Crippen LogP contribution >= 0.6 is 0 Å².